The first-order valence-corrected chi connectivity index (χ1v) is 9.62. The predicted octanol–water partition coefficient (Wildman–Crippen LogP) is 6.01. The van der Waals surface area contributed by atoms with Gasteiger partial charge in [-0.15, -0.1) is 0 Å². The molecule has 0 aromatic carbocycles. The molecule has 0 saturated carbocycles. The van der Waals surface area contributed by atoms with Gasteiger partial charge in [0, 0.05) is 11.8 Å². The average Bonchev–Trinajstić information content (AvgIpc) is 2.46. The van der Waals surface area contributed by atoms with Gasteiger partial charge in [0.15, 0.2) is 0 Å². The van der Waals surface area contributed by atoms with Gasteiger partial charge >= 0.3 is 5.97 Å². The van der Waals surface area contributed by atoms with E-state index in [9.17, 15) is 4.79 Å². The van der Waals surface area contributed by atoms with Gasteiger partial charge in [-0.2, -0.15) is 0 Å². The summed E-state index contributed by atoms with van der Waals surface area (Å²) in [5, 5.41) is 1.09. The number of carbonyl (C=O) groups excluding carboxylic acids is 1. The minimum Gasteiger partial charge on any atom is -0.462 e. The summed E-state index contributed by atoms with van der Waals surface area (Å²) in [7, 11) is 0. The van der Waals surface area contributed by atoms with Crippen molar-refractivity contribution in [2.45, 2.75) is 97.0 Å². The van der Waals surface area contributed by atoms with Crippen LogP contribution in [-0.4, -0.2) is 17.4 Å². The number of ether oxygens (including phenoxy) is 1. The van der Waals surface area contributed by atoms with Crippen LogP contribution in [0, 0.1) is 0 Å². The second kappa shape index (κ2) is 15.3. The van der Waals surface area contributed by atoms with E-state index < -0.39 is 0 Å². The fraction of sp³-hybridized carbons (Fsp3) is 0.941. The first-order chi connectivity index (χ1) is 9.74. The van der Waals surface area contributed by atoms with Crippen molar-refractivity contribution in [3.63, 3.8) is 0 Å². The Kier molecular flexibility index (Phi) is 15.3. The van der Waals surface area contributed by atoms with Crippen molar-refractivity contribution in [3.8, 4) is 0 Å². The molecule has 0 rings (SSSR count). The summed E-state index contributed by atoms with van der Waals surface area (Å²) in [6.45, 7) is 4.33. The first-order valence-electron chi connectivity index (χ1n) is 8.50. The van der Waals surface area contributed by atoms with Crippen molar-refractivity contribution in [1.82, 2.24) is 0 Å². The number of halogens is 1. The first kappa shape index (κ1) is 19.9. The maximum atomic E-state index is 11.8. The summed E-state index contributed by atoms with van der Waals surface area (Å²) in [5.74, 6) is 0.00725. The summed E-state index contributed by atoms with van der Waals surface area (Å²) in [6.07, 6.45) is 13.6. The Hall–Kier alpha value is -0.0500. The SMILES string of the molecule is CCCCCCC(CC)OC(=O)CCCCCCCBr. The number of rotatable bonds is 14. The van der Waals surface area contributed by atoms with Crippen molar-refractivity contribution in [2.24, 2.45) is 0 Å². The van der Waals surface area contributed by atoms with E-state index in [0.717, 1.165) is 31.0 Å². The molecule has 2 nitrogen and oxygen atoms in total. The molecule has 0 bridgehead atoms. The van der Waals surface area contributed by atoms with Crippen LogP contribution in [0.15, 0.2) is 0 Å². The lowest BCUT2D eigenvalue weighted by Crippen LogP contribution is -2.17. The van der Waals surface area contributed by atoms with Gasteiger partial charge in [-0.25, -0.2) is 0 Å². The second-order valence-corrected chi connectivity index (χ2v) is 6.37. The summed E-state index contributed by atoms with van der Waals surface area (Å²) < 4.78 is 5.56. The minimum atomic E-state index is 0.00725. The number of carbonyl (C=O) groups is 1. The zero-order valence-electron chi connectivity index (χ0n) is 13.5. The fourth-order valence-corrected chi connectivity index (χ4v) is 2.68. The van der Waals surface area contributed by atoms with Crippen molar-refractivity contribution < 1.29 is 9.53 Å². The molecule has 0 aromatic rings. The summed E-state index contributed by atoms with van der Waals surface area (Å²) >= 11 is 3.43. The molecule has 1 unspecified atom stereocenters. The van der Waals surface area contributed by atoms with E-state index in [1.807, 2.05) is 0 Å². The van der Waals surface area contributed by atoms with E-state index in [1.165, 1.54) is 44.9 Å². The smallest absolute Gasteiger partial charge is 0.306 e. The van der Waals surface area contributed by atoms with Crippen molar-refractivity contribution >= 4 is 21.9 Å². The van der Waals surface area contributed by atoms with Crippen molar-refractivity contribution in [2.75, 3.05) is 5.33 Å². The third-order valence-electron chi connectivity index (χ3n) is 3.65. The molecule has 0 aliphatic heterocycles. The van der Waals surface area contributed by atoms with Crippen LogP contribution in [0.2, 0.25) is 0 Å². The highest BCUT2D eigenvalue weighted by Crippen LogP contribution is 2.13. The molecule has 1 atom stereocenters. The minimum absolute atomic E-state index is 0.00725. The largest absolute Gasteiger partial charge is 0.462 e. The Labute approximate surface area is 134 Å². The lowest BCUT2D eigenvalue weighted by atomic mass is 10.1. The quantitative estimate of drug-likeness (QED) is 0.218. The highest BCUT2D eigenvalue weighted by molar-refractivity contribution is 9.09. The van der Waals surface area contributed by atoms with Gasteiger partial charge < -0.3 is 4.74 Å². The zero-order valence-corrected chi connectivity index (χ0v) is 15.1. The van der Waals surface area contributed by atoms with E-state index >= 15 is 0 Å². The number of alkyl halides is 1. The van der Waals surface area contributed by atoms with E-state index in [0.29, 0.717) is 6.42 Å². The zero-order chi connectivity index (χ0) is 15.1. The monoisotopic (exact) mass is 348 g/mol. The van der Waals surface area contributed by atoms with E-state index in [4.69, 9.17) is 4.74 Å². The molecule has 0 aliphatic rings. The Morgan fingerprint density at radius 1 is 0.950 bits per heavy atom. The van der Waals surface area contributed by atoms with E-state index in [1.54, 1.807) is 0 Å². The molecule has 20 heavy (non-hydrogen) atoms. The molecular weight excluding hydrogens is 316 g/mol. The van der Waals surface area contributed by atoms with Gasteiger partial charge in [-0.1, -0.05) is 68.3 Å². The molecule has 0 amide bonds. The maximum absolute atomic E-state index is 11.8. The molecule has 3 heteroatoms. The van der Waals surface area contributed by atoms with Crippen LogP contribution in [0.25, 0.3) is 0 Å². The van der Waals surface area contributed by atoms with Gasteiger partial charge in [-0.3, -0.25) is 4.79 Å². The van der Waals surface area contributed by atoms with Crippen LogP contribution < -0.4 is 0 Å². The maximum Gasteiger partial charge on any atom is 0.306 e. The van der Waals surface area contributed by atoms with Crippen molar-refractivity contribution in [1.29, 1.82) is 0 Å². The molecule has 0 radical (unpaired) electrons. The molecule has 0 spiro atoms. The number of unbranched alkanes of at least 4 members (excludes halogenated alkanes) is 7. The Balaban J connectivity index is 3.54. The lowest BCUT2D eigenvalue weighted by Gasteiger charge is -2.16. The van der Waals surface area contributed by atoms with Gasteiger partial charge in [0.2, 0.25) is 0 Å². The third kappa shape index (κ3) is 13.0. The fourth-order valence-electron chi connectivity index (χ4n) is 2.28. The molecular formula is C17H33BrO2. The molecule has 0 aromatic heterocycles. The number of hydrogen-bond acceptors (Lipinski definition) is 2. The highest BCUT2D eigenvalue weighted by Gasteiger charge is 2.11. The lowest BCUT2D eigenvalue weighted by molar-refractivity contribution is -0.149. The molecule has 0 heterocycles. The summed E-state index contributed by atoms with van der Waals surface area (Å²) in [5.41, 5.74) is 0. The van der Waals surface area contributed by atoms with Crippen LogP contribution in [0.5, 0.6) is 0 Å². The standard InChI is InChI=1S/C17H33BrO2/c1-3-5-6-10-13-16(4-2)20-17(19)14-11-8-7-9-12-15-18/h16H,3-15H2,1-2H3. The van der Waals surface area contributed by atoms with Crippen LogP contribution in [0.4, 0.5) is 0 Å². The molecule has 0 N–H and O–H groups in total. The van der Waals surface area contributed by atoms with E-state index in [-0.39, 0.29) is 12.1 Å². The highest BCUT2D eigenvalue weighted by atomic mass is 79.9. The van der Waals surface area contributed by atoms with E-state index in [2.05, 4.69) is 29.8 Å². The molecule has 0 fully saturated rings. The Morgan fingerprint density at radius 2 is 1.60 bits per heavy atom. The van der Waals surface area contributed by atoms with Crippen LogP contribution >= 0.6 is 15.9 Å². The molecule has 120 valence electrons. The topological polar surface area (TPSA) is 26.3 Å². The molecule has 0 saturated heterocycles. The van der Waals surface area contributed by atoms with Gasteiger partial charge in [-0.05, 0) is 32.1 Å². The summed E-state index contributed by atoms with van der Waals surface area (Å²) in [4.78, 5) is 11.8. The van der Waals surface area contributed by atoms with Gasteiger partial charge in [0.1, 0.15) is 6.10 Å². The predicted molar refractivity (Wildman–Crippen MR) is 90.4 cm³/mol. The summed E-state index contributed by atoms with van der Waals surface area (Å²) in [6, 6.07) is 0. The molecule has 0 aliphatic carbocycles. The van der Waals surface area contributed by atoms with Crippen LogP contribution in [0.1, 0.15) is 90.9 Å². The number of hydrogen-bond donors (Lipinski definition) is 0. The number of esters is 1. The van der Waals surface area contributed by atoms with Crippen LogP contribution in [-0.2, 0) is 9.53 Å². The van der Waals surface area contributed by atoms with Crippen LogP contribution in [0.3, 0.4) is 0 Å². The second-order valence-electron chi connectivity index (χ2n) is 5.58. The average molecular weight is 349 g/mol. The normalized spacial score (nSPS) is 12.3. The van der Waals surface area contributed by atoms with Gasteiger partial charge in [0.05, 0.1) is 0 Å². The Morgan fingerprint density at radius 3 is 2.25 bits per heavy atom. The van der Waals surface area contributed by atoms with Gasteiger partial charge in [0.25, 0.3) is 0 Å². The van der Waals surface area contributed by atoms with Crippen molar-refractivity contribution in [3.05, 3.63) is 0 Å². The third-order valence-corrected chi connectivity index (χ3v) is 4.21. The Bertz CT molecular complexity index is 219.